The second kappa shape index (κ2) is 6.17. The van der Waals surface area contributed by atoms with E-state index in [0.717, 1.165) is 22.2 Å². The molecule has 0 aliphatic heterocycles. The van der Waals surface area contributed by atoms with Crippen LogP contribution in [-0.2, 0) is 9.57 Å². The standard InChI is InChI=1S/C16H19N3O2/c1-5-14(11(2)20-3)19-9-8-12-6-7-13(10-15(12)19)16(17)18-21-4/h5-10H,2H2,1,3-4H3,(H2,17,18)/b14-5-. The Bertz CT molecular complexity index is 726. The number of aromatic nitrogens is 1. The van der Waals surface area contributed by atoms with Crippen LogP contribution in [0.2, 0.25) is 0 Å². The fourth-order valence-electron chi connectivity index (χ4n) is 2.19. The molecular weight excluding hydrogens is 266 g/mol. The van der Waals surface area contributed by atoms with Crippen LogP contribution in [0.25, 0.3) is 16.6 Å². The van der Waals surface area contributed by atoms with Crippen molar-refractivity contribution in [1.29, 1.82) is 0 Å². The summed E-state index contributed by atoms with van der Waals surface area (Å²) in [6.45, 7) is 5.85. The number of hydrogen-bond donors (Lipinski definition) is 1. The highest BCUT2D eigenvalue weighted by atomic mass is 16.6. The number of oxime groups is 1. The van der Waals surface area contributed by atoms with E-state index in [9.17, 15) is 0 Å². The lowest BCUT2D eigenvalue weighted by molar-refractivity contribution is 0.213. The molecule has 0 saturated carbocycles. The monoisotopic (exact) mass is 285 g/mol. The Hall–Kier alpha value is -2.69. The SMILES string of the molecule is C=C(OC)/C(=C/C)n1ccc2ccc(/C(N)=N/OC)cc21. The van der Waals surface area contributed by atoms with Gasteiger partial charge < -0.3 is 19.9 Å². The molecule has 0 radical (unpaired) electrons. The number of benzene rings is 1. The molecule has 0 saturated heterocycles. The van der Waals surface area contributed by atoms with Gasteiger partial charge in [0.15, 0.2) is 5.84 Å². The van der Waals surface area contributed by atoms with Crippen molar-refractivity contribution >= 4 is 22.4 Å². The fourth-order valence-corrected chi connectivity index (χ4v) is 2.19. The van der Waals surface area contributed by atoms with E-state index in [1.165, 1.54) is 7.11 Å². The van der Waals surface area contributed by atoms with Gasteiger partial charge in [-0.3, -0.25) is 0 Å². The highest BCUT2D eigenvalue weighted by molar-refractivity contribution is 6.00. The third-order valence-corrected chi connectivity index (χ3v) is 3.24. The summed E-state index contributed by atoms with van der Waals surface area (Å²) in [4.78, 5) is 4.72. The molecule has 0 atom stereocenters. The quantitative estimate of drug-likeness (QED) is 0.302. The lowest BCUT2D eigenvalue weighted by Crippen LogP contribution is -2.13. The maximum atomic E-state index is 5.87. The van der Waals surface area contributed by atoms with Crippen LogP contribution in [-0.4, -0.2) is 24.6 Å². The number of rotatable bonds is 5. The van der Waals surface area contributed by atoms with Crippen molar-refractivity contribution in [3.8, 4) is 0 Å². The molecule has 5 nitrogen and oxygen atoms in total. The molecule has 21 heavy (non-hydrogen) atoms. The van der Waals surface area contributed by atoms with Crippen molar-refractivity contribution in [1.82, 2.24) is 4.57 Å². The maximum absolute atomic E-state index is 5.87. The highest BCUT2D eigenvalue weighted by Crippen LogP contribution is 2.24. The predicted molar refractivity (Wildman–Crippen MR) is 85.8 cm³/mol. The number of nitrogens with two attached hydrogens (primary N) is 1. The number of allylic oxidation sites excluding steroid dienone is 2. The zero-order valence-electron chi connectivity index (χ0n) is 12.5. The minimum absolute atomic E-state index is 0.333. The minimum atomic E-state index is 0.333. The first-order valence-corrected chi connectivity index (χ1v) is 6.50. The van der Waals surface area contributed by atoms with Gasteiger partial charge in [-0.2, -0.15) is 0 Å². The zero-order valence-corrected chi connectivity index (χ0v) is 12.5. The molecule has 0 bridgehead atoms. The maximum Gasteiger partial charge on any atom is 0.170 e. The van der Waals surface area contributed by atoms with Crippen LogP contribution in [0.15, 0.2) is 54.0 Å². The number of fused-ring (bicyclic) bond motifs is 1. The van der Waals surface area contributed by atoms with E-state index in [4.69, 9.17) is 15.3 Å². The number of amidine groups is 1. The first-order chi connectivity index (χ1) is 10.1. The third-order valence-electron chi connectivity index (χ3n) is 3.24. The zero-order chi connectivity index (χ0) is 15.4. The summed E-state index contributed by atoms with van der Waals surface area (Å²) in [5, 5.41) is 4.85. The fraction of sp³-hybridized carbons (Fsp3) is 0.188. The van der Waals surface area contributed by atoms with Gasteiger partial charge in [0.05, 0.1) is 18.3 Å². The average molecular weight is 285 g/mol. The van der Waals surface area contributed by atoms with Gasteiger partial charge >= 0.3 is 0 Å². The molecule has 0 unspecified atom stereocenters. The van der Waals surface area contributed by atoms with Crippen LogP contribution in [0.3, 0.4) is 0 Å². The Morgan fingerprint density at radius 2 is 2.10 bits per heavy atom. The van der Waals surface area contributed by atoms with E-state index in [1.807, 2.05) is 48.0 Å². The van der Waals surface area contributed by atoms with Crippen molar-refractivity contribution in [3.05, 3.63) is 54.4 Å². The highest BCUT2D eigenvalue weighted by Gasteiger charge is 2.10. The first kappa shape index (κ1) is 14.7. The second-order valence-electron chi connectivity index (χ2n) is 4.42. The van der Waals surface area contributed by atoms with Crippen LogP contribution < -0.4 is 5.73 Å². The Labute approximate surface area is 123 Å². The second-order valence-corrected chi connectivity index (χ2v) is 4.42. The van der Waals surface area contributed by atoms with Crippen molar-refractivity contribution in [2.75, 3.05) is 14.2 Å². The van der Waals surface area contributed by atoms with E-state index < -0.39 is 0 Å². The molecule has 1 aromatic carbocycles. The smallest absolute Gasteiger partial charge is 0.170 e. The molecule has 2 N–H and O–H groups in total. The number of hydrogen-bond acceptors (Lipinski definition) is 3. The lowest BCUT2D eigenvalue weighted by Gasteiger charge is -2.12. The molecule has 0 aliphatic carbocycles. The van der Waals surface area contributed by atoms with E-state index in [0.29, 0.717) is 11.6 Å². The predicted octanol–water partition coefficient (Wildman–Crippen LogP) is 2.93. The Morgan fingerprint density at radius 1 is 1.33 bits per heavy atom. The molecule has 1 heterocycles. The van der Waals surface area contributed by atoms with Gasteiger partial charge in [0.2, 0.25) is 0 Å². The van der Waals surface area contributed by atoms with Crippen LogP contribution in [0, 0.1) is 0 Å². The van der Waals surface area contributed by atoms with Gasteiger partial charge in [-0.25, -0.2) is 0 Å². The van der Waals surface area contributed by atoms with Crippen LogP contribution in [0.1, 0.15) is 12.5 Å². The van der Waals surface area contributed by atoms with Gasteiger partial charge in [-0.1, -0.05) is 29.9 Å². The molecule has 1 aromatic heterocycles. The van der Waals surface area contributed by atoms with E-state index >= 15 is 0 Å². The summed E-state index contributed by atoms with van der Waals surface area (Å²) >= 11 is 0. The van der Waals surface area contributed by atoms with Crippen molar-refractivity contribution < 1.29 is 9.57 Å². The van der Waals surface area contributed by atoms with E-state index in [2.05, 4.69) is 11.7 Å². The largest absolute Gasteiger partial charge is 0.495 e. The third kappa shape index (κ3) is 2.76. The Balaban J connectivity index is 2.59. The molecule has 0 aliphatic rings. The number of ether oxygens (including phenoxy) is 1. The molecular formula is C16H19N3O2. The number of nitrogens with zero attached hydrogens (tertiary/aromatic N) is 2. The summed E-state index contributed by atoms with van der Waals surface area (Å²) in [6, 6.07) is 7.88. The summed E-state index contributed by atoms with van der Waals surface area (Å²) in [5.74, 6) is 0.929. The molecule has 0 fully saturated rings. The first-order valence-electron chi connectivity index (χ1n) is 6.50. The average Bonchev–Trinajstić information content (AvgIpc) is 2.91. The van der Waals surface area contributed by atoms with Gasteiger partial charge in [-0.05, 0) is 24.4 Å². The molecule has 0 amide bonds. The van der Waals surface area contributed by atoms with Gasteiger partial charge in [0, 0.05) is 11.8 Å². The minimum Gasteiger partial charge on any atom is -0.495 e. The molecule has 110 valence electrons. The van der Waals surface area contributed by atoms with Gasteiger partial charge in [0.25, 0.3) is 0 Å². The van der Waals surface area contributed by atoms with Gasteiger partial charge in [0.1, 0.15) is 12.9 Å². The van der Waals surface area contributed by atoms with Crippen molar-refractivity contribution in [3.63, 3.8) is 0 Å². The summed E-state index contributed by atoms with van der Waals surface area (Å²) in [5.41, 5.74) is 8.54. The molecule has 0 spiro atoms. The summed E-state index contributed by atoms with van der Waals surface area (Å²) in [6.07, 6.45) is 3.92. The number of methoxy groups -OCH3 is 1. The lowest BCUT2D eigenvalue weighted by atomic mass is 10.1. The van der Waals surface area contributed by atoms with E-state index in [1.54, 1.807) is 7.11 Å². The normalized spacial score (nSPS) is 12.5. The topological polar surface area (TPSA) is 61.8 Å². The summed E-state index contributed by atoms with van der Waals surface area (Å²) < 4.78 is 7.24. The van der Waals surface area contributed by atoms with Crippen molar-refractivity contribution in [2.24, 2.45) is 10.9 Å². The Kier molecular flexibility index (Phi) is 4.33. The molecule has 2 rings (SSSR count). The van der Waals surface area contributed by atoms with Crippen LogP contribution in [0.5, 0.6) is 0 Å². The van der Waals surface area contributed by atoms with Crippen LogP contribution >= 0.6 is 0 Å². The van der Waals surface area contributed by atoms with Crippen LogP contribution in [0.4, 0.5) is 0 Å². The molecule has 2 aromatic rings. The summed E-state index contributed by atoms with van der Waals surface area (Å²) in [7, 11) is 3.07. The van der Waals surface area contributed by atoms with Gasteiger partial charge in [-0.15, -0.1) is 0 Å². The van der Waals surface area contributed by atoms with E-state index in [-0.39, 0.29) is 0 Å². The Morgan fingerprint density at radius 3 is 2.71 bits per heavy atom. The molecule has 5 heteroatoms. The van der Waals surface area contributed by atoms with Crippen molar-refractivity contribution in [2.45, 2.75) is 6.92 Å².